The molecule has 4 rings (SSSR count). The smallest absolute Gasteiger partial charge is 0.333 e. The van der Waals surface area contributed by atoms with Gasteiger partial charge in [0.1, 0.15) is 17.3 Å². The zero-order valence-corrected chi connectivity index (χ0v) is 28.9. The van der Waals surface area contributed by atoms with Crippen LogP contribution in [0.3, 0.4) is 0 Å². The van der Waals surface area contributed by atoms with Gasteiger partial charge in [0.05, 0.1) is 23.7 Å². The van der Waals surface area contributed by atoms with Gasteiger partial charge in [0, 0.05) is 16.6 Å². The van der Waals surface area contributed by atoms with E-state index >= 15 is 0 Å². The predicted octanol–water partition coefficient (Wildman–Crippen LogP) is 4.23. The molecule has 2 N–H and O–H groups in total. The third kappa shape index (κ3) is 5.98. The summed E-state index contributed by atoms with van der Waals surface area (Å²) in [5.41, 5.74) is -3.00. The van der Waals surface area contributed by atoms with Crippen molar-refractivity contribution in [3.05, 3.63) is 35.5 Å². The Bertz CT molecular complexity index is 1300. The monoisotopic (exact) mass is 648 g/mol. The van der Waals surface area contributed by atoms with Crippen LogP contribution in [0.4, 0.5) is 0 Å². The summed E-state index contributed by atoms with van der Waals surface area (Å²) in [6.07, 6.45) is -2.14. The van der Waals surface area contributed by atoms with Crippen LogP contribution in [-0.2, 0) is 42.8 Å². The third-order valence-corrected chi connectivity index (χ3v) is 10.8. The molecule has 2 saturated heterocycles. The second-order valence-corrected chi connectivity index (χ2v) is 14.4. The minimum absolute atomic E-state index is 0.289. The Morgan fingerprint density at radius 3 is 2.09 bits per heavy atom. The zero-order valence-electron chi connectivity index (χ0n) is 28.9. The molecular weight excluding hydrogens is 596 g/mol. The lowest BCUT2D eigenvalue weighted by Gasteiger charge is -2.54. The molecule has 0 aromatic carbocycles. The molecule has 10 atom stereocenters. The van der Waals surface area contributed by atoms with E-state index in [1.807, 2.05) is 0 Å². The Morgan fingerprint density at radius 2 is 1.54 bits per heavy atom. The van der Waals surface area contributed by atoms with E-state index in [0.717, 1.165) is 6.42 Å². The lowest BCUT2D eigenvalue weighted by atomic mass is 9.53. The topological polar surface area (TPSA) is 150 Å². The maximum absolute atomic E-state index is 13.2. The summed E-state index contributed by atoms with van der Waals surface area (Å²) in [5.74, 6) is -2.50. The summed E-state index contributed by atoms with van der Waals surface area (Å²) in [7, 11) is 0. The first-order valence-electron chi connectivity index (χ1n) is 16.3. The van der Waals surface area contributed by atoms with Gasteiger partial charge in [-0.25, -0.2) is 9.59 Å². The van der Waals surface area contributed by atoms with Crippen LogP contribution in [-0.4, -0.2) is 87.8 Å². The molecule has 5 unspecified atom stereocenters. The molecule has 4 aliphatic rings. The van der Waals surface area contributed by atoms with E-state index in [1.165, 1.54) is 0 Å². The highest BCUT2D eigenvalue weighted by Crippen LogP contribution is 2.70. The molecule has 0 amide bonds. The third-order valence-electron chi connectivity index (χ3n) is 10.8. The Hall–Kier alpha value is -2.57. The van der Waals surface area contributed by atoms with Gasteiger partial charge >= 0.3 is 17.9 Å². The molecule has 4 fully saturated rings. The number of carbonyl (C=O) groups is 3. The molecule has 2 aliphatic heterocycles. The fraction of sp³-hybridized carbons (Fsp3) is 0.743. The minimum atomic E-state index is -1.57. The number of aliphatic hydroxyl groups is 2. The number of aliphatic hydroxyl groups excluding tert-OH is 1. The maximum atomic E-state index is 13.2. The summed E-state index contributed by atoms with van der Waals surface area (Å²) in [4.78, 5) is 39.2. The molecule has 2 saturated carbocycles. The van der Waals surface area contributed by atoms with Gasteiger partial charge in [-0.2, -0.15) is 0 Å². The first-order valence-corrected chi connectivity index (χ1v) is 16.3. The molecule has 11 heteroatoms. The average Bonchev–Trinajstić information content (AvgIpc) is 3.78. The number of esters is 3. The number of hydrogen-bond donors (Lipinski definition) is 2. The van der Waals surface area contributed by atoms with Crippen molar-refractivity contribution in [2.24, 2.45) is 11.3 Å². The maximum Gasteiger partial charge on any atom is 0.333 e. The van der Waals surface area contributed by atoms with E-state index in [2.05, 4.69) is 13.5 Å². The number of epoxide rings is 1. The number of ether oxygens (including phenoxy) is 6. The number of carbonyl (C=O) groups excluding carboxylic acids is 3. The number of rotatable bonds is 9. The summed E-state index contributed by atoms with van der Waals surface area (Å²) in [6, 6.07) is 0. The van der Waals surface area contributed by atoms with Gasteiger partial charge < -0.3 is 38.6 Å². The lowest BCUT2D eigenvalue weighted by Crippen LogP contribution is -2.67. The molecule has 0 radical (unpaired) electrons. The van der Waals surface area contributed by atoms with Crippen LogP contribution in [0.2, 0.25) is 0 Å². The van der Waals surface area contributed by atoms with Gasteiger partial charge in [0.15, 0.2) is 24.6 Å². The van der Waals surface area contributed by atoms with Gasteiger partial charge in [-0.1, -0.05) is 39.5 Å². The second-order valence-electron chi connectivity index (χ2n) is 14.4. The SMILES string of the molecule is C=C1C(O)CCC2(C)CCC(O)(C(C)(C)O[C@@H]3O[C@H](C)[C@H](OC(=O)/C(C)=C\C)[C@H](OC(=O)C(C)C)[C@H]3OC(=O)/C(C)=C\C)C3OC132. The minimum Gasteiger partial charge on any atom is -0.454 e. The molecule has 0 aromatic rings. The van der Waals surface area contributed by atoms with Crippen LogP contribution in [0.15, 0.2) is 35.5 Å². The van der Waals surface area contributed by atoms with Crippen molar-refractivity contribution in [2.45, 2.75) is 155 Å². The first-order chi connectivity index (χ1) is 21.3. The highest BCUT2D eigenvalue weighted by molar-refractivity contribution is 5.88. The van der Waals surface area contributed by atoms with E-state index < -0.39 is 83.5 Å². The molecular formula is C35H52O11. The standard InChI is InChI=1S/C35H52O11/c1-12-19(5)28(38)42-24-22(8)41-30(26(44-29(39)20(6)13-2)25(24)43-27(37)18(3)4)45-32(9,10)34(40)17-16-33(11)15-14-23(36)21(7)35(33)31(34)46-35/h12-13,18,22-26,30-31,36,40H,7,14-17H2,1-6,8-11H3/b19-12-,20-13-/t22-,23?,24+,25+,26-,30+,31?,33?,34?,35?/m1/s1. The van der Waals surface area contributed by atoms with Crippen molar-refractivity contribution in [3.63, 3.8) is 0 Å². The van der Waals surface area contributed by atoms with Crippen molar-refractivity contribution in [3.8, 4) is 0 Å². The van der Waals surface area contributed by atoms with Gasteiger partial charge in [0.25, 0.3) is 0 Å². The van der Waals surface area contributed by atoms with Gasteiger partial charge in [-0.15, -0.1) is 0 Å². The summed E-state index contributed by atoms with van der Waals surface area (Å²) in [6.45, 7) is 21.2. The second kappa shape index (κ2) is 12.8. The van der Waals surface area contributed by atoms with Crippen molar-refractivity contribution in [1.29, 1.82) is 0 Å². The van der Waals surface area contributed by atoms with Gasteiger partial charge in [-0.3, -0.25) is 4.79 Å². The lowest BCUT2D eigenvalue weighted by molar-refractivity contribution is -0.341. The molecule has 11 nitrogen and oxygen atoms in total. The van der Waals surface area contributed by atoms with Crippen LogP contribution in [0.1, 0.15) is 94.9 Å². The van der Waals surface area contributed by atoms with Crippen LogP contribution in [0.25, 0.3) is 0 Å². The Morgan fingerprint density at radius 1 is 0.978 bits per heavy atom. The van der Waals surface area contributed by atoms with E-state index in [9.17, 15) is 24.6 Å². The Balaban J connectivity index is 1.72. The van der Waals surface area contributed by atoms with Gasteiger partial charge in [0.2, 0.25) is 0 Å². The van der Waals surface area contributed by atoms with E-state index in [4.69, 9.17) is 28.4 Å². The van der Waals surface area contributed by atoms with Crippen molar-refractivity contribution >= 4 is 17.9 Å². The Kier molecular flexibility index (Phi) is 10.1. The van der Waals surface area contributed by atoms with Crippen molar-refractivity contribution < 1.29 is 53.0 Å². The molecule has 258 valence electrons. The highest BCUT2D eigenvalue weighted by atomic mass is 16.7. The van der Waals surface area contributed by atoms with Crippen molar-refractivity contribution in [1.82, 2.24) is 0 Å². The predicted molar refractivity (Wildman–Crippen MR) is 167 cm³/mol. The van der Waals surface area contributed by atoms with Gasteiger partial charge in [-0.05, 0) is 79.7 Å². The Labute approximate surface area is 272 Å². The summed E-state index contributed by atoms with van der Waals surface area (Å²) >= 11 is 0. The largest absolute Gasteiger partial charge is 0.454 e. The van der Waals surface area contributed by atoms with Crippen LogP contribution in [0, 0.1) is 11.3 Å². The molecule has 46 heavy (non-hydrogen) atoms. The normalized spacial score (nSPS) is 39.7. The molecule has 1 spiro atoms. The summed E-state index contributed by atoms with van der Waals surface area (Å²) in [5, 5.41) is 23.1. The zero-order chi connectivity index (χ0) is 34.6. The molecule has 0 aromatic heterocycles. The van der Waals surface area contributed by atoms with Crippen LogP contribution >= 0.6 is 0 Å². The molecule has 0 bridgehead atoms. The van der Waals surface area contributed by atoms with Crippen LogP contribution in [0.5, 0.6) is 0 Å². The summed E-state index contributed by atoms with van der Waals surface area (Å²) < 4.78 is 36.9. The fourth-order valence-electron chi connectivity index (χ4n) is 7.09. The van der Waals surface area contributed by atoms with Crippen molar-refractivity contribution in [2.75, 3.05) is 0 Å². The van der Waals surface area contributed by atoms with E-state index in [0.29, 0.717) is 30.4 Å². The molecule has 2 aliphatic carbocycles. The van der Waals surface area contributed by atoms with E-state index in [1.54, 1.807) is 74.5 Å². The quantitative estimate of drug-likeness (QED) is 0.122. The number of allylic oxidation sites excluding steroid dienone is 2. The first kappa shape index (κ1) is 36.3. The van der Waals surface area contributed by atoms with E-state index in [-0.39, 0.29) is 11.0 Å². The molecule has 2 heterocycles. The highest BCUT2D eigenvalue weighted by Gasteiger charge is 2.81. The fourth-order valence-corrected chi connectivity index (χ4v) is 7.09. The number of hydrogen-bond acceptors (Lipinski definition) is 11. The van der Waals surface area contributed by atoms with Crippen LogP contribution < -0.4 is 0 Å². The average molecular weight is 649 g/mol.